The minimum atomic E-state index is 0.233. The van der Waals surface area contributed by atoms with Crippen molar-refractivity contribution in [2.75, 3.05) is 13.1 Å². The lowest BCUT2D eigenvalue weighted by atomic mass is 9.93. The summed E-state index contributed by atoms with van der Waals surface area (Å²) >= 11 is 0. The van der Waals surface area contributed by atoms with E-state index in [-0.39, 0.29) is 6.04 Å². The topological polar surface area (TPSA) is 29.3 Å². The molecule has 2 N–H and O–H groups in total. The third kappa shape index (κ3) is 3.18. The summed E-state index contributed by atoms with van der Waals surface area (Å²) in [6, 6.07) is 9.35. The van der Waals surface area contributed by atoms with Crippen molar-refractivity contribution < 1.29 is 0 Å². The van der Waals surface area contributed by atoms with E-state index in [1.165, 1.54) is 37.1 Å². The molecule has 2 rings (SSSR count). The molecule has 1 fully saturated rings. The highest BCUT2D eigenvalue weighted by Gasteiger charge is 2.31. The first-order chi connectivity index (χ1) is 9.17. The molecule has 0 amide bonds. The van der Waals surface area contributed by atoms with Gasteiger partial charge in [0.25, 0.3) is 0 Å². The fourth-order valence-electron chi connectivity index (χ4n) is 3.29. The molecule has 1 aromatic rings. The lowest BCUT2D eigenvalue weighted by molar-refractivity contribution is 0.201. The molecule has 0 aliphatic carbocycles. The minimum absolute atomic E-state index is 0.233. The molecule has 0 aromatic heterocycles. The van der Waals surface area contributed by atoms with Crippen molar-refractivity contribution in [2.45, 2.75) is 52.1 Å². The molecule has 0 spiro atoms. The van der Waals surface area contributed by atoms with Crippen molar-refractivity contribution in [3.63, 3.8) is 0 Å². The number of nitrogens with two attached hydrogens (primary N) is 1. The zero-order valence-electron chi connectivity index (χ0n) is 12.6. The molecule has 19 heavy (non-hydrogen) atoms. The second kappa shape index (κ2) is 6.53. The standard InChI is InChI=1S/C17H28N2/c1-4-14-10-11-19(12-14)17(16(18)5-2)15-9-7-6-8-13(15)3/h6-9,14,16-17H,4-5,10-12,18H2,1-3H3. The average molecular weight is 260 g/mol. The molecular weight excluding hydrogens is 232 g/mol. The molecule has 0 saturated carbocycles. The number of benzene rings is 1. The third-order valence-corrected chi connectivity index (χ3v) is 4.67. The molecule has 1 aromatic carbocycles. The van der Waals surface area contributed by atoms with Crippen LogP contribution in [0.2, 0.25) is 0 Å². The van der Waals surface area contributed by atoms with Crippen LogP contribution in [0.4, 0.5) is 0 Å². The van der Waals surface area contributed by atoms with Gasteiger partial charge in [0.1, 0.15) is 0 Å². The van der Waals surface area contributed by atoms with E-state index < -0.39 is 0 Å². The van der Waals surface area contributed by atoms with Gasteiger partial charge in [0.05, 0.1) is 6.04 Å². The molecule has 3 atom stereocenters. The summed E-state index contributed by atoms with van der Waals surface area (Å²) in [6.07, 6.45) is 3.65. The second-order valence-electron chi connectivity index (χ2n) is 5.93. The summed E-state index contributed by atoms with van der Waals surface area (Å²) in [5.41, 5.74) is 9.24. The lowest BCUT2D eigenvalue weighted by Gasteiger charge is -2.33. The Labute approximate surface area is 118 Å². The average Bonchev–Trinajstić information content (AvgIpc) is 2.89. The first-order valence-electron chi connectivity index (χ1n) is 7.72. The number of hydrogen-bond acceptors (Lipinski definition) is 2. The van der Waals surface area contributed by atoms with Gasteiger partial charge in [-0.2, -0.15) is 0 Å². The summed E-state index contributed by atoms with van der Waals surface area (Å²) < 4.78 is 0. The van der Waals surface area contributed by atoms with Crippen molar-refractivity contribution in [3.05, 3.63) is 35.4 Å². The van der Waals surface area contributed by atoms with E-state index in [2.05, 4.69) is 49.9 Å². The van der Waals surface area contributed by atoms with Gasteiger partial charge >= 0.3 is 0 Å². The first-order valence-corrected chi connectivity index (χ1v) is 7.72. The predicted molar refractivity (Wildman–Crippen MR) is 82.2 cm³/mol. The van der Waals surface area contributed by atoms with E-state index in [4.69, 9.17) is 5.73 Å². The van der Waals surface area contributed by atoms with Crippen LogP contribution in [0.15, 0.2) is 24.3 Å². The highest BCUT2D eigenvalue weighted by Crippen LogP contribution is 2.33. The molecule has 1 heterocycles. The van der Waals surface area contributed by atoms with Crippen LogP contribution in [0.1, 0.15) is 50.3 Å². The number of aryl methyl sites for hydroxylation is 1. The van der Waals surface area contributed by atoms with Gasteiger partial charge in [0, 0.05) is 12.6 Å². The van der Waals surface area contributed by atoms with E-state index >= 15 is 0 Å². The molecule has 1 saturated heterocycles. The Balaban J connectivity index is 2.25. The van der Waals surface area contributed by atoms with E-state index in [0.29, 0.717) is 6.04 Å². The fraction of sp³-hybridized carbons (Fsp3) is 0.647. The van der Waals surface area contributed by atoms with Gasteiger partial charge in [-0.15, -0.1) is 0 Å². The number of hydrogen-bond donors (Lipinski definition) is 1. The molecular formula is C17H28N2. The van der Waals surface area contributed by atoms with Crippen molar-refractivity contribution in [1.82, 2.24) is 4.90 Å². The van der Waals surface area contributed by atoms with E-state index in [1.54, 1.807) is 0 Å². The SMILES string of the molecule is CCC1CCN(C(c2ccccc2C)C(N)CC)C1. The molecule has 0 radical (unpaired) electrons. The Morgan fingerprint density at radius 3 is 2.63 bits per heavy atom. The van der Waals surface area contributed by atoms with Crippen LogP contribution in [-0.4, -0.2) is 24.0 Å². The van der Waals surface area contributed by atoms with Crippen LogP contribution in [0, 0.1) is 12.8 Å². The summed E-state index contributed by atoms with van der Waals surface area (Å²) in [6.45, 7) is 9.12. The molecule has 1 aliphatic rings. The largest absolute Gasteiger partial charge is 0.326 e. The summed E-state index contributed by atoms with van der Waals surface area (Å²) in [5, 5.41) is 0. The van der Waals surface area contributed by atoms with Crippen LogP contribution >= 0.6 is 0 Å². The van der Waals surface area contributed by atoms with Crippen LogP contribution in [-0.2, 0) is 0 Å². The molecule has 0 bridgehead atoms. The zero-order valence-corrected chi connectivity index (χ0v) is 12.6. The fourth-order valence-corrected chi connectivity index (χ4v) is 3.29. The molecule has 3 unspecified atom stereocenters. The maximum Gasteiger partial charge on any atom is 0.0501 e. The maximum absolute atomic E-state index is 6.44. The van der Waals surface area contributed by atoms with Crippen molar-refractivity contribution in [3.8, 4) is 0 Å². The number of likely N-dealkylation sites (tertiary alicyclic amines) is 1. The van der Waals surface area contributed by atoms with Crippen LogP contribution in [0.25, 0.3) is 0 Å². The van der Waals surface area contributed by atoms with E-state index in [1.807, 2.05) is 0 Å². The Bertz CT molecular complexity index is 402. The molecule has 106 valence electrons. The third-order valence-electron chi connectivity index (χ3n) is 4.67. The monoisotopic (exact) mass is 260 g/mol. The van der Waals surface area contributed by atoms with Gasteiger partial charge in [-0.3, -0.25) is 4.90 Å². The lowest BCUT2D eigenvalue weighted by Crippen LogP contribution is -2.40. The molecule has 2 heteroatoms. The maximum atomic E-state index is 6.44. The highest BCUT2D eigenvalue weighted by atomic mass is 15.2. The second-order valence-corrected chi connectivity index (χ2v) is 5.93. The Morgan fingerprint density at radius 2 is 2.05 bits per heavy atom. The number of nitrogens with zero attached hydrogens (tertiary/aromatic N) is 1. The Hall–Kier alpha value is -0.860. The summed E-state index contributed by atoms with van der Waals surface area (Å²) in [7, 11) is 0. The van der Waals surface area contributed by atoms with Gasteiger partial charge in [-0.25, -0.2) is 0 Å². The van der Waals surface area contributed by atoms with E-state index in [9.17, 15) is 0 Å². The van der Waals surface area contributed by atoms with Gasteiger partial charge in [0.15, 0.2) is 0 Å². The van der Waals surface area contributed by atoms with Gasteiger partial charge in [-0.1, -0.05) is 44.5 Å². The van der Waals surface area contributed by atoms with Crippen molar-refractivity contribution >= 4 is 0 Å². The van der Waals surface area contributed by atoms with Crippen molar-refractivity contribution in [1.29, 1.82) is 0 Å². The molecule has 2 nitrogen and oxygen atoms in total. The summed E-state index contributed by atoms with van der Waals surface area (Å²) in [5.74, 6) is 0.857. The van der Waals surface area contributed by atoms with Crippen LogP contribution in [0.3, 0.4) is 0 Å². The van der Waals surface area contributed by atoms with Gasteiger partial charge in [-0.05, 0) is 43.4 Å². The van der Waals surface area contributed by atoms with Crippen LogP contribution in [0.5, 0.6) is 0 Å². The normalized spacial score (nSPS) is 23.5. The highest BCUT2D eigenvalue weighted by molar-refractivity contribution is 5.30. The zero-order chi connectivity index (χ0) is 13.8. The first kappa shape index (κ1) is 14.5. The smallest absolute Gasteiger partial charge is 0.0501 e. The number of rotatable bonds is 5. The Morgan fingerprint density at radius 1 is 1.32 bits per heavy atom. The quantitative estimate of drug-likeness (QED) is 0.878. The Kier molecular flexibility index (Phi) is 5.00. The summed E-state index contributed by atoms with van der Waals surface area (Å²) in [4.78, 5) is 2.62. The minimum Gasteiger partial charge on any atom is -0.326 e. The van der Waals surface area contributed by atoms with Crippen molar-refractivity contribution in [2.24, 2.45) is 11.7 Å². The molecule has 1 aliphatic heterocycles. The van der Waals surface area contributed by atoms with Gasteiger partial charge in [0.2, 0.25) is 0 Å². The van der Waals surface area contributed by atoms with Crippen LogP contribution < -0.4 is 5.73 Å². The van der Waals surface area contributed by atoms with E-state index in [0.717, 1.165) is 12.3 Å². The predicted octanol–water partition coefficient (Wildman–Crippen LogP) is 3.51. The van der Waals surface area contributed by atoms with Gasteiger partial charge < -0.3 is 5.73 Å².